The number of methoxy groups -OCH3 is 1. The van der Waals surface area contributed by atoms with Gasteiger partial charge in [-0.15, -0.1) is 11.3 Å². The Balaban J connectivity index is 2.03. The number of ether oxygens (including phenoxy) is 2. The summed E-state index contributed by atoms with van der Waals surface area (Å²) in [5, 5.41) is 0.439. The quantitative estimate of drug-likeness (QED) is 0.694. The third kappa shape index (κ3) is 3.48. The molecule has 0 aliphatic heterocycles. The van der Waals surface area contributed by atoms with E-state index in [0.29, 0.717) is 32.9 Å². The van der Waals surface area contributed by atoms with Crippen molar-refractivity contribution < 1.29 is 14.3 Å². The highest BCUT2D eigenvalue weighted by atomic mass is 32.1. The van der Waals surface area contributed by atoms with Gasteiger partial charge in [-0.3, -0.25) is 4.79 Å². The van der Waals surface area contributed by atoms with Gasteiger partial charge in [-0.2, -0.15) is 0 Å². The van der Waals surface area contributed by atoms with Crippen LogP contribution in [0.2, 0.25) is 0 Å². The summed E-state index contributed by atoms with van der Waals surface area (Å²) in [5.41, 5.74) is 1.27. The average molecular weight is 372 g/mol. The minimum atomic E-state index is -0.425. The third-order valence-electron chi connectivity index (χ3n) is 3.93. The van der Waals surface area contributed by atoms with Gasteiger partial charge < -0.3 is 14.5 Å². The van der Waals surface area contributed by atoms with Gasteiger partial charge in [0, 0.05) is 12.0 Å². The van der Waals surface area contributed by atoms with E-state index in [1.54, 1.807) is 27.9 Å². The number of carbonyl (C=O) groups is 1. The fourth-order valence-corrected chi connectivity index (χ4v) is 3.85. The number of nitrogens with one attached hydrogen (secondary N) is 1. The predicted octanol–water partition coefficient (Wildman–Crippen LogP) is 3.46. The maximum atomic E-state index is 12.6. The molecule has 0 bridgehead atoms. The first-order chi connectivity index (χ1) is 12.4. The van der Waals surface area contributed by atoms with Crippen molar-refractivity contribution in [1.29, 1.82) is 0 Å². The Morgan fingerprint density at radius 1 is 1.31 bits per heavy atom. The lowest BCUT2D eigenvalue weighted by Crippen LogP contribution is -2.13. The van der Waals surface area contributed by atoms with Crippen LogP contribution in [-0.4, -0.2) is 29.2 Å². The van der Waals surface area contributed by atoms with Crippen LogP contribution < -0.4 is 10.3 Å². The number of carbonyl (C=O) groups excluding carboxylic acids is 1. The van der Waals surface area contributed by atoms with Crippen molar-refractivity contribution >= 4 is 27.5 Å². The smallest absolute Gasteiger partial charge is 0.348 e. The highest BCUT2D eigenvalue weighted by molar-refractivity contribution is 7.20. The zero-order valence-electron chi connectivity index (χ0n) is 15.1. The maximum Gasteiger partial charge on any atom is 0.348 e. The summed E-state index contributed by atoms with van der Waals surface area (Å²) in [6, 6.07) is 7.58. The summed E-state index contributed by atoms with van der Waals surface area (Å²) in [6.45, 7) is 5.32. The second kappa shape index (κ2) is 7.29. The highest BCUT2D eigenvalue weighted by Gasteiger charge is 2.21. The molecular formula is C19H20N2O4S. The molecule has 0 saturated carbocycles. The lowest BCUT2D eigenvalue weighted by Gasteiger charge is -2.07. The molecule has 6 nitrogen and oxygen atoms in total. The number of hydrogen-bond donors (Lipinski definition) is 1. The molecule has 1 N–H and O–H groups in total. The van der Waals surface area contributed by atoms with Gasteiger partial charge in [0.2, 0.25) is 0 Å². The van der Waals surface area contributed by atoms with Gasteiger partial charge in [0.05, 0.1) is 18.6 Å². The normalized spacial score (nSPS) is 11.1. The summed E-state index contributed by atoms with van der Waals surface area (Å²) >= 11 is 1.19. The van der Waals surface area contributed by atoms with E-state index in [2.05, 4.69) is 9.97 Å². The molecule has 7 heteroatoms. The summed E-state index contributed by atoms with van der Waals surface area (Å²) in [4.78, 5) is 33.1. The zero-order chi connectivity index (χ0) is 18.8. The second-order valence-corrected chi connectivity index (χ2v) is 7.19. The first-order valence-corrected chi connectivity index (χ1v) is 9.07. The number of esters is 1. The topological polar surface area (TPSA) is 81.3 Å². The van der Waals surface area contributed by atoms with Gasteiger partial charge in [-0.1, -0.05) is 18.2 Å². The standard InChI is InChI=1S/C19H20N2O4S/c1-10(2)25-19(23)16-11(3)15-17(22)20-14(21-18(15)26-16)9-12-7-5-6-8-13(12)24-4/h5-8,10H,9H2,1-4H3,(H,20,21,22). The lowest BCUT2D eigenvalue weighted by molar-refractivity contribution is 0.0383. The van der Waals surface area contributed by atoms with Crippen LogP contribution in [0.15, 0.2) is 29.1 Å². The second-order valence-electron chi connectivity index (χ2n) is 6.19. The number of thiophene rings is 1. The number of benzene rings is 1. The average Bonchev–Trinajstić information content (AvgIpc) is 2.92. The van der Waals surface area contributed by atoms with Crippen molar-refractivity contribution in [2.24, 2.45) is 0 Å². The van der Waals surface area contributed by atoms with Gasteiger partial charge in [0.25, 0.3) is 5.56 Å². The molecule has 2 heterocycles. The summed E-state index contributed by atoms with van der Waals surface area (Å²) in [7, 11) is 1.60. The van der Waals surface area contributed by atoms with E-state index in [1.807, 2.05) is 24.3 Å². The molecule has 0 amide bonds. The Labute approximate surface area is 154 Å². The number of nitrogens with zero attached hydrogens (tertiary/aromatic N) is 1. The molecule has 1 aromatic carbocycles. The largest absolute Gasteiger partial charge is 0.496 e. The fraction of sp³-hybridized carbons (Fsp3) is 0.316. The van der Waals surface area contributed by atoms with Gasteiger partial charge in [-0.25, -0.2) is 9.78 Å². The first-order valence-electron chi connectivity index (χ1n) is 8.26. The molecule has 3 aromatic rings. The number of aromatic nitrogens is 2. The minimum absolute atomic E-state index is 0.223. The first kappa shape index (κ1) is 18.1. The molecule has 2 aromatic heterocycles. The number of para-hydroxylation sites is 1. The molecule has 0 unspecified atom stereocenters. The van der Waals surface area contributed by atoms with Gasteiger partial charge in [0.1, 0.15) is 21.3 Å². The van der Waals surface area contributed by atoms with Crippen LogP contribution in [0.5, 0.6) is 5.75 Å². The van der Waals surface area contributed by atoms with Crippen LogP contribution in [0.25, 0.3) is 10.2 Å². The van der Waals surface area contributed by atoms with E-state index in [9.17, 15) is 9.59 Å². The van der Waals surface area contributed by atoms with E-state index in [4.69, 9.17) is 9.47 Å². The van der Waals surface area contributed by atoms with E-state index >= 15 is 0 Å². The van der Waals surface area contributed by atoms with E-state index in [1.165, 1.54) is 11.3 Å². The van der Waals surface area contributed by atoms with Crippen LogP contribution >= 0.6 is 11.3 Å². The molecule has 0 spiro atoms. The maximum absolute atomic E-state index is 12.6. The van der Waals surface area contributed by atoms with Crippen LogP contribution in [0, 0.1) is 6.92 Å². The van der Waals surface area contributed by atoms with Gasteiger partial charge >= 0.3 is 5.97 Å². The van der Waals surface area contributed by atoms with Crippen molar-refractivity contribution in [2.75, 3.05) is 7.11 Å². The van der Waals surface area contributed by atoms with E-state index in [0.717, 1.165) is 11.3 Å². The number of fused-ring (bicyclic) bond motifs is 1. The van der Waals surface area contributed by atoms with E-state index < -0.39 is 5.97 Å². The number of aromatic amines is 1. The molecule has 0 atom stereocenters. The molecule has 0 fully saturated rings. The number of rotatable bonds is 5. The van der Waals surface area contributed by atoms with Crippen molar-refractivity contribution in [3.8, 4) is 5.75 Å². The van der Waals surface area contributed by atoms with Crippen molar-refractivity contribution in [3.63, 3.8) is 0 Å². The molecule has 0 aliphatic carbocycles. The van der Waals surface area contributed by atoms with Crippen molar-refractivity contribution in [2.45, 2.75) is 33.3 Å². The van der Waals surface area contributed by atoms with Gasteiger partial charge in [-0.05, 0) is 32.4 Å². The van der Waals surface area contributed by atoms with Crippen LogP contribution in [0.3, 0.4) is 0 Å². The molecule has 0 radical (unpaired) electrons. The number of hydrogen-bond acceptors (Lipinski definition) is 6. The summed E-state index contributed by atoms with van der Waals surface area (Å²) < 4.78 is 10.6. The van der Waals surface area contributed by atoms with Crippen LogP contribution in [-0.2, 0) is 11.2 Å². The summed E-state index contributed by atoms with van der Waals surface area (Å²) in [5.74, 6) is 0.835. The molecule has 136 valence electrons. The Morgan fingerprint density at radius 3 is 2.73 bits per heavy atom. The Bertz CT molecular complexity index is 1020. The Hall–Kier alpha value is -2.67. The fourth-order valence-electron chi connectivity index (χ4n) is 2.76. The molecule has 26 heavy (non-hydrogen) atoms. The van der Waals surface area contributed by atoms with Crippen molar-refractivity contribution in [1.82, 2.24) is 9.97 Å². The molecule has 0 saturated heterocycles. The zero-order valence-corrected chi connectivity index (χ0v) is 15.9. The Morgan fingerprint density at radius 2 is 2.04 bits per heavy atom. The van der Waals surface area contributed by atoms with Crippen molar-refractivity contribution in [3.05, 3.63) is 56.4 Å². The highest BCUT2D eigenvalue weighted by Crippen LogP contribution is 2.28. The third-order valence-corrected chi connectivity index (χ3v) is 5.09. The monoisotopic (exact) mass is 372 g/mol. The predicted molar refractivity (Wildman–Crippen MR) is 101 cm³/mol. The summed E-state index contributed by atoms with van der Waals surface area (Å²) in [6.07, 6.45) is 0.206. The van der Waals surface area contributed by atoms with Crippen LogP contribution in [0.1, 0.15) is 40.5 Å². The minimum Gasteiger partial charge on any atom is -0.496 e. The van der Waals surface area contributed by atoms with E-state index in [-0.39, 0.29) is 11.7 Å². The molecule has 3 rings (SSSR count). The molecule has 0 aliphatic rings. The number of H-pyrrole nitrogens is 1. The lowest BCUT2D eigenvalue weighted by atomic mass is 10.1. The van der Waals surface area contributed by atoms with Crippen LogP contribution in [0.4, 0.5) is 0 Å². The van der Waals surface area contributed by atoms with Gasteiger partial charge in [0.15, 0.2) is 0 Å². The Kier molecular flexibility index (Phi) is 5.08. The molecular weight excluding hydrogens is 352 g/mol. The number of aryl methyl sites for hydroxylation is 1. The SMILES string of the molecule is COc1ccccc1Cc1nc2sc(C(=O)OC(C)C)c(C)c2c(=O)[nH]1.